The van der Waals surface area contributed by atoms with Crippen molar-refractivity contribution in [3.8, 4) is 0 Å². The van der Waals surface area contributed by atoms with E-state index in [1.54, 1.807) is 11.3 Å². The molecule has 0 radical (unpaired) electrons. The van der Waals surface area contributed by atoms with Gasteiger partial charge in [-0.15, -0.1) is 11.3 Å². The highest BCUT2D eigenvalue weighted by Gasteiger charge is 2.26. The molecule has 0 aliphatic carbocycles. The second-order valence-electron chi connectivity index (χ2n) is 6.04. The lowest BCUT2D eigenvalue weighted by Crippen LogP contribution is -2.38. The molecular formula is C17H18N4OS. The number of hydrogen-bond donors (Lipinski definition) is 2. The minimum absolute atomic E-state index is 0.0203. The lowest BCUT2D eigenvalue weighted by molar-refractivity contribution is -0.121. The van der Waals surface area contributed by atoms with Crippen LogP contribution in [0.4, 0.5) is 5.69 Å². The zero-order valence-electron chi connectivity index (χ0n) is 13.1. The Kier molecular flexibility index (Phi) is 3.34. The molecule has 0 saturated carbocycles. The van der Waals surface area contributed by atoms with Gasteiger partial charge in [0.15, 0.2) is 4.96 Å². The van der Waals surface area contributed by atoms with Gasteiger partial charge in [-0.2, -0.15) is 0 Å². The molecule has 2 N–H and O–H groups in total. The number of carbonyl (C=O) groups is 1. The van der Waals surface area contributed by atoms with E-state index in [0.29, 0.717) is 6.54 Å². The number of rotatable bonds is 3. The lowest BCUT2D eigenvalue weighted by Gasteiger charge is -2.11. The summed E-state index contributed by atoms with van der Waals surface area (Å²) in [4.78, 5) is 17.9. The third-order valence-electron chi connectivity index (χ3n) is 4.21. The van der Waals surface area contributed by atoms with Crippen molar-refractivity contribution in [3.63, 3.8) is 0 Å². The van der Waals surface area contributed by atoms with Gasteiger partial charge in [-0.1, -0.05) is 17.7 Å². The molecule has 1 amide bonds. The first-order valence-corrected chi connectivity index (χ1v) is 8.54. The maximum absolute atomic E-state index is 12.4. The molecule has 4 rings (SSSR count). The molecule has 1 atom stereocenters. The number of nitrogens with zero attached hydrogens (tertiary/aromatic N) is 2. The number of amides is 1. The molecule has 3 aromatic rings. The van der Waals surface area contributed by atoms with Crippen molar-refractivity contribution in [1.29, 1.82) is 0 Å². The summed E-state index contributed by atoms with van der Waals surface area (Å²) >= 11 is 1.61. The fourth-order valence-corrected chi connectivity index (χ4v) is 3.85. The maximum Gasteiger partial charge on any atom is 0.243 e. The Hall–Kier alpha value is -2.34. The normalized spacial score (nSPS) is 16.3. The van der Waals surface area contributed by atoms with Gasteiger partial charge in [0.05, 0.1) is 12.2 Å². The smallest absolute Gasteiger partial charge is 0.243 e. The molecule has 1 aliphatic heterocycles. The van der Waals surface area contributed by atoms with Crippen LogP contribution in [0.2, 0.25) is 0 Å². The van der Waals surface area contributed by atoms with Crippen LogP contribution in [0, 0.1) is 13.8 Å². The topological polar surface area (TPSA) is 58.4 Å². The van der Waals surface area contributed by atoms with Crippen molar-refractivity contribution in [1.82, 2.24) is 14.7 Å². The van der Waals surface area contributed by atoms with Gasteiger partial charge < -0.3 is 10.6 Å². The number of fused-ring (bicyclic) bond motifs is 2. The monoisotopic (exact) mass is 326 g/mol. The summed E-state index contributed by atoms with van der Waals surface area (Å²) in [6.07, 6.45) is 2.72. The highest BCUT2D eigenvalue weighted by molar-refractivity contribution is 7.15. The molecule has 23 heavy (non-hydrogen) atoms. The van der Waals surface area contributed by atoms with E-state index in [9.17, 15) is 4.79 Å². The van der Waals surface area contributed by atoms with Crippen LogP contribution in [0.1, 0.15) is 22.5 Å². The van der Waals surface area contributed by atoms with Crippen LogP contribution in [-0.2, 0) is 17.8 Å². The maximum atomic E-state index is 12.4. The summed E-state index contributed by atoms with van der Waals surface area (Å²) in [7, 11) is 0. The Morgan fingerprint density at radius 2 is 2.35 bits per heavy atom. The van der Waals surface area contributed by atoms with Crippen LogP contribution in [-0.4, -0.2) is 21.3 Å². The van der Waals surface area contributed by atoms with E-state index in [4.69, 9.17) is 0 Å². The first-order chi connectivity index (χ1) is 11.1. The minimum Gasteiger partial charge on any atom is -0.373 e. The van der Waals surface area contributed by atoms with Crippen molar-refractivity contribution in [2.75, 3.05) is 5.32 Å². The third-order valence-corrected chi connectivity index (χ3v) is 5.17. The first kappa shape index (κ1) is 14.3. The lowest BCUT2D eigenvalue weighted by atomic mass is 10.1. The standard InChI is InChI=1S/C17H18N4OS/c1-10-3-4-14-12(5-10)6-15(20-14)16(22)18-7-13-8-21-11(2)9-23-17(21)19-13/h3-5,8-9,15,20H,6-7H2,1-2H3,(H,18,22). The Labute approximate surface area is 138 Å². The molecule has 118 valence electrons. The molecule has 2 aromatic heterocycles. The number of carbonyl (C=O) groups excluding carboxylic acids is 1. The van der Waals surface area contributed by atoms with Gasteiger partial charge >= 0.3 is 0 Å². The van der Waals surface area contributed by atoms with Crippen LogP contribution < -0.4 is 10.6 Å². The molecule has 6 heteroatoms. The second-order valence-corrected chi connectivity index (χ2v) is 6.88. The fraction of sp³-hybridized carbons (Fsp3) is 0.294. The zero-order valence-corrected chi connectivity index (χ0v) is 13.9. The molecule has 0 fully saturated rings. The van der Waals surface area contributed by atoms with Crippen LogP contribution in [0.5, 0.6) is 0 Å². The Balaban J connectivity index is 1.41. The first-order valence-electron chi connectivity index (χ1n) is 7.66. The van der Waals surface area contributed by atoms with Crippen molar-refractivity contribution < 1.29 is 4.79 Å². The number of imidazole rings is 1. The number of anilines is 1. The Morgan fingerprint density at radius 1 is 1.48 bits per heavy atom. The SMILES string of the molecule is Cc1ccc2c(c1)CC(C(=O)NCc1cn3c(C)csc3n1)N2. The van der Waals surface area contributed by atoms with Gasteiger partial charge in [-0.3, -0.25) is 9.20 Å². The molecule has 1 unspecified atom stereocenters. The number of aryl methyl sites for hydroxylation is 2. The highest BCUT2D eigenvalue weighted by Crippen LogP contribution is 2.26. The van der Waals surface area contributed by atoms with Crippen molar-refractivity contribution in [2.24, 2.45) is 0 Å². The van der Waals surface area contributed by atoms with Crippen LogP contribution >= 0.6 is 11.3 Å². The van der Waals surface area contributed by atoms with Gasteiger partial charge in [0.2, 0.25) is 5.91 Å². The van der Waals surface area contributed by atoms with Crippen molar-refractivity contribution in [3.05, 3.63) is 52.3 Å². The number of nitrogens with one attached hydrogen (secondary N) is 2. The predicted molar refractivity (Wildman–Crippen MR) is 91.9 cm³/mol. The Morgan fingerprint density at radius 3 is 3.17 bits per heavy atom. The number of hydrogen-bond acceptors (Lipinski definition) is 4. The van der Waals surface area contributed by atoms with Crippen molar-refractivity contribution in [2.45, 2.75) is 32.9 Å². The van der Waals surface area contributed by atoms with E-state index in [1.165, 1.54) is 16.8 Å². The fourth-order valence-electron chi connectivity index (χ4n) is 2.98. The average molecular weight is 326 g/mol. The predicted octanol–water partition coefficient (Wildman–Crippen LogP) is 2.67. The summed E-state index contributed by atoms with van der Waals surface area (Å²) in [5, 5.41) is 8.36. The molecule has 3 heterocycles. The van der Waals surface area contributed by atoms with E-state index in [2.05, 4.69) is 51.4 Å². The van der Waals surface area contributed by atoms with Gasteiger partial charge in [0.25, 0.3) is 0 Å². The van der Waals surface area contributed by atoms with E-state index < -0.39 is 0 Å². The molecule has 0 spiro atoms. The summed E-state index contributed by atoms with van der Waals surface area (Å²) in [6.45, 7) is 4.58. The summed E-state index contributed by atoms with van der Waals surface area (Å²) in [5.41, 5.74) is 5.55. The average Bonchev–Trinajstić information content (AvgIpc) is 3.20. The molecule has 1 aliphatic rings. The quantitative estimate of drug-likeness (QED) is 0.778. The highest BCUT2D eigenvalue weighted by atomic mass is 32.1. The van der Waals surface area contributed by atoms with Gasteiger partial charge in [0, 0.05) is 29.4 Å². The Bertz CT molecular complexity index is 895. The van der Waals surface area contributed by atoms with Crippen LogP contribution in [0.15, 0.2) is 29.8 Å². The number of thiazole rings is 1. The van der Waals surface area contributed by atoms with E-state index in [1.807, 2.05) is 12.3 Å². The zero-order chi connectivity index (χ0) is 16.0. The minimum atomic E-state index is -0.197. The number of benzene rings is 1. The van der Waals surface area contributed by atoms with E-state index in [-0.39, 0.29) is 11.9 Å². The third kappa shape index (κ3) is 2.59. The summed E-state index contributed by atoms with van der Waals surface area (Å²) in [6, 6.07) is 6.05. The van der Waals surface area contributed by atoms with Gasteiger partial charge in [0.1, 0.15) is 6.04 Å². The number of aromatic nitrogens is 2. The largest absolute Gasteiger partial charge is 0.373 e. The molecule has 1 aromatic carbocycles. The van der Waals surface area contributed by atoms with Gasteiger partial charge in [-0.05, 0) is 25.5 Å². The molecule has 5 nitrogen and oxygen atoms in total. The molecule has 0 bridgehead atoms. The molecule has 0 saturated heterocycles. The molecular weight excluding hydrogens is 308 g/mol. The van der Waals surface area contributed by atoms with Crippen LogP contribution in [0.3, 0.4) is 0 Å². The van der Waals surface area contributed by atoms with Gasteiger partial charge in [-0.25, -0.2) is 4.98 Å². The summed E-state index contributed by atoms with van der Waals surface area (Å²) < 4.78 is 2.05. The van der Waals surface area contributed by atoms with E-state index >= 15 is 0 Å². The van der Waals surface area contributed by atoms with Crippen molar-refractivity contribution >= 4 is 27.9 Å². The summed E-state index contributed by atoms with van der Waals surface area (Å²) in [5.74, 6) is 0.0203. The second kappa shape index (κ2) is 5.38. The van der Waals surface area contributed by atoms with Crippen LogP contribution in [0.25, 0.3) is 4.96 Å². The van der Waals surface area contributed by atoms with E-state index in [0.717, 1.165) is 22.8 Å².